The van der Waals surface area contributed by atoms with Crippen molar-refractivity contribution in [1.29, 1.82) is 0 Å². The molecule has 0 amide bonds. The highest BCUT2D eigenvalue weighted by molar-refractivity contribution is 5.54. The average molecular weight is 208 g/mol. The fourth-order valence-electron chi connectivity index (χ4n) is 1.88. The summed E-state index contributed by atoms with van der Waals surface area (Å²) in [5.74, 6) is 0.412. The van der Waals surface area contributed by atoms with Crippen molar-refractivity contribution in [2.24, 2.45) is 11.3 Å². The second-order valence-electron chi connectivity index (χ2n) is 5.04. The van der Waals surface area contributed by atoms with Crippen LogP contribution in [0.25, 0.3) is 0 Å². The highest BCUT2D eigenvalue weighted by Gasteiger charge is 2.44. The second-order valence-corrected chi connectivity index (χ2v) is 5.04. The minimum atomic E-state index is -0.285. The molecule has 0 aromatic heterocycles. The lowest BCUT2D eigenvalue weighted by Gasteiger charge is -2.08. The predicted molar refractivity (Wildman–Crippen MR) is 61.2 cm³/mol. The molecule has 1 fully saturated rings. The number of benzene rings is 1. The van der Waals surface area contributed by atoms with E-state index in [1.54, 1.807) is 6.07 Å². The van der Waals surface area contributed by atoms with Crippen LogP contribution in [-0.2, 0) is 0 Å². The van der Waals surface area contributed by atoms with Crippen molar-refractivity contribution in [1.82, 2.24) is 0 Å². The Bertz CT molecular complexity index is 354. The Balaban J connectivity index is 1.94. The van der Waals surface area contributed by atoms with Crippen molar-refractivity contribution < 1.29 is 4.39 Å². The molecule has 0 saturated heterocycles. The zero-order valence-electron chi connectivity index (χ0n) is 9.18. The normalized spacial score (nSPS) is 22.5. The smallest absolute Gasteiger partial charge is 0.127 e. The van der Waals surface area contributed by atoms with Crippen molar-refractivity contribution in [3.8, 4) is 0 Å². The van der Waals surface area contributed by atoms with Crippen LogP contribution in [0, 0.1) is 17.2 Å². The van der Waals surface area contributed by atoms with Crippen LogP contribution in [0.15, 0.2) is 18.2 Å². The van der Waals surface area contributed by atoms with Gasteiger partial charge in [0, 0.05) is 17.9 Å². The van der Waals surface area contributed by atoms with Gasteiger partial charge in [-0.3, -0.25) is 0 Å². The fourth-order valence-corrected chi connectivity index (χ4v) is 1.88. The molecule has 82 valence electrons. The molecule has 3 N–H and O–H groups in total. The van der Waals surface area contributed by atoms with Gasteiger partial charge >= 0.3 is 0 Å². The van der Waals surface area contributed by atoms with Crippen LogP contribution in [0.1, 0.15) is 20.3 Å². The quantitative estimate of drug-likeness (QED) is 0.749. The average Bonchev–Trinajstić information content (AvgIpc) is 2.69. The van der Waals surface area contributed by atoms with Gasteiger partial charge in [0.2, 0.25) is 0 Å². The van der Waals surface area contributed by atoms with Crippen molar-refractivity contribution in [3.05, 3.63) is 24.0 Å². The summed E-state index contributed by atoms with van der Waals surface area (Å²) in [6.07, 6.45) is 1.24. The summed E-state index contributed by atoms with van der Waals surface area (Å²) >= 11 is 0. The minimum absolute atomic E-state index is 0.285. The highest BCUT2D eigenvalue weighted by Crippen LogP contribution is 2.51. The van der Waals surface area contributed by atoms with Gasteiger partial charge < -0.3 is 11.1 Å². The van der Waals surface area contributed by atoms with E-state index in [4.69, 9.17) is 5.73 Å². The Morgan fingerprint density at radius 3 is 2.67 bits per heavy atom. The lowest BCUT2D eigenvalue weighted by atomic mass is 10.1. The molecule has 2 rings (SSSR count). The van der Waals surface area contributed by atoms with Crippen LogP contribution in [0.2, 0.25) is 0 Å². The maximum Gasteiger partial charge on any atom is 0.127 e. The Kier molecular flexibility index (Phi) is 2.33. The van der Waals surface area contributed by atoms with E-state index in [2.05, 4.69) is 19.2 Å². The topological polar surface area (TPSA) is 38.0 Å². The molecular formula is C12H17FN2. The summed E-state index contributed by atoms with van der Waals surface area (Å²) in [5.41, 5.74) is 7.24. The number of nitrogen functional groups attached to an aromatic ring is 1. The van der Waals surface area contributed by atoms with E-state index in [1.807, 2.05) is 0 Å². The van der Waals surface area contributed by atoms with Crippen LogP contribution < -0.4 is 11.1 Å². The SMILES string of the molecule is CC1(C)CC1CNc1cc(N)cc(F)c1. The van der Waals surface area contributed by atoms with Gasteiger partial charge in [0.05, 0.1) is 0 Å². The summed E-state index contributed by atoms with van der Waals surface area (Å²) in [6, 6.07) is 4.57. The third kappa shape index (κ3) is 2.41. The molecule has 1 aromatic rings. The molecule has 0 heterocycles. The molecule has 1 aromatic carbocycles. The molecule has 3 heteroatoms. The van der Waals surface area contributed by atoms with E-state index in [1.165, 1.54) is 18.6 Å². The van der Waals surface area contributed by atoms with Gasteiger partial charge in [0.25, 0.3) is 0 Å². The molecule has 1 unspecified atom stereocenters. The van der Waals surface area contributed by atoms with Gasteiger partial charge in [0.15, 0.2) is 0 Å². The largest absolute Gasteiger partial charge is 0.399 e. The summed E-state index contributed by atoms with van der Waals surface area (Å²) in [7, 11) is 0. The molecule has 0 radical (unpaired) electrons. The van der Waals surface area contributed by atoms with Gasteiger partial charge in [-0.25, -0.2) is 4.39 Å². The van der Waals surface area contributed by atoms with Crippen molar-refractivity contribution in [3.63, 3.8) is 0 Å². The minimum Gasteiger partial charge on any atom is -0.399 e. The Morgan fingerprint density at radius 1 is 1.47 bits per heavy atom. The van der Waals surface area contributed by atoms with Gasteiger partial charge in [0.1, 0.15) is 5.82 Å². The third-order valence-electron chi connectivity index (χ3n) is 3.19. The van der Waals surface area contributed by atoms with E-state index < -0.39 is 0 Å². The molecule has 15 heavy (non-hydrogen) atoms. The first-order valence-electron chi connectivity index (χ1n) is 5.27. The number of rotatable bonds is 3. The van der Waals surface area contributed by atoms with E-state index in [0.717, 1.165) is 12.2 Å². The number of nitrogens with one attached hydrogen (secondary N) is 1. The number of anilines is 2. The van der Waals surface area contributed by atoms with E-state index in [0.29, 0.717) is 17.0 Å². The lowest BCUT2D eigenvalue weighted by Crippen LogP contribution is -2.07. The van der Waals surface area contributed by atoms with Gasteiger partial charge in [-0.1, -0.05) is 13.8 Å². The molecule has 2 nitrogen and oxygen atoms in total. The molecular weight excluding hydrogens is 191 g/mol. The van der Waals surface area contributed by atoms with E-state index >= 15 is 0 Å². The molecule has 1 saturated carbocycles. The molecule has 1 aliphatic carbocycles. The van der Waals surface area contributed by atoms with Crippen LogP contribution >= 0.6 is 0 Å². The maximum absolute atomic E-state index is 13.0. The number of nitrogens with two attached hydrogens (primary N) is 1. The summed E-state index contributed by atoms with van der Waals surface area (Å²) in [5, 5.41) is 3.22. The monoisotopic (exact) mass is 208 g/mol. The zero-order valence-corrected chi connectivity index (χ0v) is 9.18. The van der Waals surface area contributed by atoms with Gasteiger partial charge in [-0.05, 0) is 36.0 Å². The van der Waals surface area contributed by atoms with Crippen molar-refractivity contribution >= 4 is 11.4 Å². The third-order valence-corrected chi connectivity index (χ3v) is 3.19. The Hall–Kier alpha value is -1.25. The van der Waals surface area contributed by atoms with Crippen LogP contribution in [0.3, 0.4) is 0 Å². The molecule has 0 aliphatic heterocycles. The predicted octanol–water partition coefficient (Wildman–Crippen LogP) is 2.87. The maximum atomic E-state index is 13.0. The number of hydrogen-bond donors (Lipinski definition) is 2. The Morgan fingerprint density at radius 2 is 2.13 bits per heavy atom. The van der Waals surface area contributed by atoms with Gasteiger partial charge in [-0.2, -0.15) is 0 Å². The molecule has 0 spiro atoms. The summed E-state index contributed by atoms with van der Waals surface area (Å²) in [6.45, 7) is 5.40. The van der Waals surface area contributed by atoms with Crippen LogP contribution in [0.5, 0.6) is 0 Å². The van der Waals surface area contributed by atoms with E-state index in [-0.39, 0.29) is 5.82 Å². The van der Waals surface area contributed by atoms with E-state index in [9.17, 15) is 4.39 Å². The van der Waals surface area contributed by atoms with Crippen LogP contribution in [-0.4, -0.2) is 6.54 Å². The standard InChI is InChI=1S/C12H17FN2/c1-12(2)6-8(12)7-15-11-4-9(13)3-10(14)5-11/h3-5,8,15H,6-7,14H2,1-2H3. The van der Waals surface area contributed by atoms with Gasteiger partial charge in [-0.15, -0.1) is 0 Å². The zero-order chi connectivity index (χ0) is 11.1. The first kappa shape index (κ1) is 10.3. The van der Waals surface area contributed by atoms with Crippen molar-refractivity contribution in [2.75, 3.05) is 17.6 Å². The Labute approximate surface area is 89.7 Å². The second kappa shape index (κ2) is 3.40. The highest BCUT2D eigenvalue weighted by atomic mass is 19.1. The fraction of sp³-hybridized carbons (Fsp3) is 0.500. The summed E-state index contributed by atoms with van der Waals surface area (Å²) in [4.78, 5) is 0. The molecule has 0 bridgehead atoms. The number of halogens is 1. The first-order chi connectivity index (χ1) is 6.97. The summed E-state index contributed by atoms with van der Waals surface area (Å²) < 4.78 is 13.0. The molecule has 1 atom stereocenters. The number of hydrogen-bond acceptors (Lipinski definition) is 2. The van der Waals surface area contributed by atoms with Crippen LogP contribution in [0.4, 0.5) is 15.8 Å². The molecule has 1 aliphatic rings. The van der Waals surface area contributed by atoms with Crippen molar-refractivity contribution in [2.45, 2.75) is 20.3 Å². The lowest BCUT2D eigenvalue weighted by molar-refractivity contribution is 0.573. The first-order valence-corrected chi connectivity index (χ1v) is 5.27.